The third-order valence-electron chi connectivity index (χ3n) is 2.71. The lowest BCUT2D eigenvalue weighted by Gasteiger charge is -2.12. The topological polar surface area (TPSA) is 112 Å². The third-order valence-corrected chi connectivity index (χ3v) is 4.26. The lowest BCUT2D eigenvalue weighted by atomic mass is 10.1. The van der Waals surface area contributed by atoms with Gasteiger partial charge in [-0.05, 0) is 24.3 Å². The first-order valence-electron chi connectivity index (χ1n) is 5.81. The molecule has 1 aromatic carbocycles. The number of carbonyl (C=O) groups excluding carboxylic acids is 1. The van der Waals surface area contributed by atoms with Crippen LogP contribution in [0.15, 0.2) is 39.8 Å². The van der Waals surface area contributed by atoms with Crippen molar-refractivity contribution < 1.29 is 21.8 Å². The van der Waals surface area contributed by atoms with Gasteiger partial charge < -0.3 is 13.9 Å². The van der Waals surface area contributed by atoms with E-state index in [1.807, 2.05) is 0 Å². The number of halogens is 1. The smallest absolute Gasteiger partial charge is 0.352 e. The molecule has 0 fully saturated rings. The Balaban J connectivity index is 2.43. The number of sulfonamides is 1. The quantitative estimate of drug-likeness (QED) is 0.555. The van der Waals surface area contributed by atoms with E-state index in [1.165, 1.54) is 12.3 Å². The maximum atomic E-state index is 11.7. The monoisotopic (exact) mass is 362 g/mol. The predicted molar refractivity (Wildman–Crippen MR) is 83.3 cm³/mol. The van der Waals surface area contributed by atoms with Crippen LogP contribution in [0.2, 0.25) is 5.02 Å². The molecular formula is C12H11ClN2O5S2. The highest BCUT2D eigenvalue weighted by molar-refractivity contribution is 7.89. The molecule has 0 aliphatic rings. The summed E-state index contributed by atoms with van der Waals surface area (Å²) < 4.78 is 32.4. The Morgan fingerprint density at radius 2 is 2.18 bits per heavy atom. The number of nitrogens with two attached hydrogens (primary N) is 1. The normalized spacial score (nSPS) is 11.2. The Morgan fingerprint density at radius 3 is 2.73 bits per heavy atom. The highest BCUT2D eigenvalue weighted by atomic mass is 35.5. The number of rotatable bonds is 5. The van der Waals surface area contributed by atoms with E-state index in [4.69, 9.17) is 21.2 Å². The fourth-order valence-corrected chi connectivity index (χ4v) is 2.93. The summed E-state index contributed by atoms with van der Waals surface area (Å²) in [7, 11) is -4.08. The molecule has 0 aliphatic carbocycles. The van der Waals surface area contributed by atoms with Gasteiger partial charge in [0.2, 0.25) is 10.0 Å². The van der Waals surface area contributed by atoms with Crippen LogP contribution in [0.25, 0.3) is 0 Å². The van der Waals surface area contributed by atoms with Gasteiger partial charge in [0.25, 0.3) is 0 Å². The van der Waals surface area contributed by atoms with Gasteiger partial charge in [-0.15, -0.1) is 0 Å². The first kappa shape index (κ1) is 16.7. The largest absolute Gasteiger partial charge is 0.467 e. The number of anilines is 1. The van der Waals surface area contributed by atoms with Crippen LogP contribution in [-0.4, -0.2) is 14.4 Å². The Morgan fingerprint density at radius 1 is 1.45 bits per heavy atom. The molecule has 0 bridgehead atoms. The maximum Gasteiger partial charge on any atom is 0.352 e. The zero-order valence-electron chi connectivity index (χ0n) is 10.9. The summed E-state index contributed by atoms with van der Waals surface area (Å²) in [5.41, 5.74) is 0.183. The van der Waals surface area contributed by atoms with Gasteiger partial charge in [0.15, 0.2) is 0 Å². The van der Waals surface area contributed by atoms with Crippen molar-refractivity contribution in [1.29, 1.82) is 0 Å². The van der Waals surface area contributed by atoms with Gasteiger partial charge in [-0.3, -0.25) is 0 Å². The van der Waals surface area contributed by atoms with Crippen LogP contribution in [0, 0.1) is 0 Å². The van der Waals surface area contributed by atoms with E-state index in [1.54, 1.807) is 12.1 Å². The van der Waals surface area contributed by atoms with Crippen molar-refractivity contribution in [2.45, 2.75) is 11.4 Å². The van der Waals surface area contributed by atoms with Gasteiger partial charge in [-0.2, -0.15) is 0 Å². The van der Waals surface area contributed by atoms with Crippen molar-refractivity contribution in [3.8, 4) is 0 Å². The van der Waals surface area contributed by atoms with Gasteiger partial charge in [0, 0.05) is 12.9 Å². The van der Waals surface area contributed by atoms with Crippen molar-refractivity contribution in [2.75, 3.05) is 5.32 Å². The second kappa shape index (κ2) is 6.61. The summed E-state index contributed by atoms with van der Waals surface area (Å²) >= 11 is 9.33. The Kier molecular flexibility index (Phi) is 5.01. The zero-order valence-corrected chi connectivity index (χ0v) is 13.4. The fraction of sp³-hybridized carbons (Fsp3) is 0.0833. The predicted octanol–water partition coefficient (Wildman–Crippen LogP) is 2.19. The standard InChI is InChI=1S/C12H11ClN2O5S2/c13-9-5-10(15-6-7-2-1-3-19-7)8(12(16)20-21)4-11(9)22(14,17)18/h1-5,15,21H,6H2,(H2,14,17,18). The van der Waals surface area contributed by atoms with E-state index >= 15 is 0 Å². The molecule has 0 unspecified atom stereocenters. The van der Waals surface area contributed by atoms with E-state index < -0.39 is 16.0 Å². The molecule has 0 radical (unpaired) electrons. The van der Waals surface area contributed by atoms with Gasteiger partial charge in [0.1, 0.15) is 10.7 Å². The first-order chi connectivity index (χ1) is 10.3. The fourth-order valence-electron chi connectivity index (χ4n) is 1.73. The summed E-state index contributed by atoms with van der Waals surface area (Å²) in [6, 6.07) is 5.73. The second-order valence-corrected chi connectivity index (χ2v) is 6.30. The summed E-state index contributed by atoms with van der Waals surface area (Å²) in [5.74, 6) is -0.247. The van der Waals surface area contributed by atoms with E-state index in [9.17, 15) is 13.2 Å². The first-order valence-corrected chi connectivity index (χ1v) is 8.10. The van der Waals surface area contributed by atoms with Crippen molar-refractivity contribution in [3.05, 3.63) is 46.9 Å². The third kappa shape index (κ3) is 3.74. The van der Waals surface area contributed by atoms with Crippen molar-refractivity contribution in [3.63, 3.8) is 0 Å². The average molecular weight is 363 g/mol. The van der Waals surface area contributed by atoms with Crippen LogP contribution in [0.4, 0.5) is 5.69 Å². The van der Waals surface area contributed by atoms with Crippen LogP contribution < -0.4 is 10.5 Å². The summed E-state index contributed by atoms with van der Waals surface area (Å²) in [6.45, 7) is 0.255. The van der Waals surface area contributed by atoms with Gasteiger partial charge in [-0.1, -0.05) is 11.6 Å². The Hall–Kier alpha value is -1.68. The molecule has 7 nitrogen and oxygen atoms in total. The van der Waals surface area contributed by atoms with Crippen molar-refractivity contribution in [1.82, 2.24) is 0 Å². The Labute approximate surface area is 137 Å². The molecule has 1 heterocycles. The molecule has 3 N–H and O–H groups in total. The van der Waals surface area contributed by atoms with Crippen LogP contribution in [0.3, 0.4) is 0 Å². The van der Waals surface area contributed by atoms with E-state index in [0.29, 0.717) is 5.76 Å². The summed E-state index contributed by atoms with van der Waals surface area (Å²) in [5, 5.41) is 7.83. The minimum Gasteiger partial charge on any atom is -0.467 e. The number of nitrogens with one attached hydrogen (secondary N) is 1. The average Bonchev–Trinajstić information content (AvgIpc) is 2.96. The van der Waals surface area contributed by atoms with Crippen LogP contribution in [0.1, 0.15) is 16.1 Å². The lowest BCUT2D eigenvalue weighted by Crippen LogP contribution is -2.15. The Bertz CT molecular complexity index is 790. The molecule has 2 aromatic rings. The molecule has 0 saturated heterocycles. The van der Waals surface area contributed by atoms with E-state index in [-0.39, 0.29) is 27.7 Å². The lowest BCUT2D eigenvalue weighted by molar-refractivity contribution is 0.0773. The number of carbonyl (C=O) groups is 1. The summed E-state index contributed by atoms with van der Waals surface area (Å²) in [6.07, 6.45) is 1.50. The zero-order chi connectivity index (χ0) is 16.3. The van der Waals surface area contributed by atoms with Crippen LogP contribution in [0.5, 0.6) is 0 Å². The van der Waals surface area contributed by atoms with Crippen molar-refractivity contribution >= 4 is 46.2 Å². The van der Waals surface area contributed by atoms with Gasteiger partial charge in [0.05, 0.1) is 29.1 Å². The number of benzene rings is 1. The summed E-state index contributed by atoms with van der Waals surface area (Å²) in [4.78, 5) is 11.4. The van der Waals surface area contributed by atoms with Gasteiger partial charge >= 0.3 is 5.97 Å². The molecule has 22 heavy (non-hydrogen) atoms. The number of hydrogen-bond acceptors (Lipinski definition) is 7. The molecule has 0 amide bonds. The van der Waals surface area contributed by atoms with E-state index in [0.717, 1.165) is 6.07 Å². The van der Waals surface area contributed by atoms with Crippen LogP contribution >= 0.6 is 24.5 Å². The highest BCUT2D eigenvalue weighted by Crippen LogP contribution is 2.29. The number of thiol groups is 1. The van der Waals surface area contributed by atoms with E-state index in [2.05, 4.69) is 22.4 Å². The highest BCUT2D eigenvalue weighted by Gasteiger charge is 2.21. The maximum absolute atomic E-state index is 11.7. The molecule has 0 aliphatic heterocycles. The molecular weight excluding hydrogens is 352 g/mol. The number of primary sulfonamides is 1. The molecule has 0 saturated carbocycles. The van der Waals surface area contributed by atoms with Gasteiger partial charge in [-0.25, -0.2) is 18.4 Å². The molecule has 1 aromatic heterocycles. The number of hydrogen-bond donors (Lipinski definition) is 3. The second-order valence-electron chi connectivity index (χ2n) is 4.18. The van der Waals surface area contributed by atoms with Crippen LogP contribution in [-0.2, 0) is 20.8 Å². The SMILES string of the molecule is NS(=O)(=O)c1cc(C(=O)OS)c(NCc2ccco2)cc1Cl. The molecule has 10 heteroatoms. The molecule has 0 atom stereocenters. The minimum atomic E-state index is -4.08. The van der Waals surface area contributed by atoms with Crippen molar-refractivity contribution in [2.24, 2.45) is 5.14 Å². The minimum absolute atomic E-state index is 0.0741. The molecule has 0 spiro atoms. The molecule has 2 rings (SSSR count). The number of furan rings is 1. The molecule has 118 valence electrons.